The van der Waals surface area contributed by atoms with E-state index in [2.05, 4.69) is 43.4 Å². The van der Waals surface area contributed by atoms with E-state index in [1.165, 1.54) is 12.1 Å². The van der Waals surface area contributed by atoms with Gasteiger partial charge in [0, 0.05) is 15.3 Å². The van der Waals surface area contributed by atoms with Gasteiger partial charge in [-0.05, 0) is 52.9 Å². The van der Waals surface area contributed by atoms with Crippen LogP contribution >= 0.6 is 22.6 Å². The standard InChI is InChI=1S/C11H9IN4O2/c12-7-1-3-8(4-2-7)13-11(18)14-9-5-6-10(17)16-15-9/h1-6H,(H,16,17)(H2,13,14,15,18). The van der Waals surface area contributed by atoms with Gasteiger partial charge < -0.3 is 5.32 Å². The van der Waals surface area contributed by atoms with Gasteiger partial charge in [-0.25, -0.2) is 9.89 Å². The maximum Gasteiger partial charge on any atom is 0.324 e. The number of urea groups is 1. The lowest BCUT2D eigenvalue weighted by Crippen LogP contribution is -2.21. The van der Waals surface area contributed by atoms with Gasteiger partial charge in [0.1, 0.15) is 0 Å². The third-order valence-electron chi connectivity index (χ3n) is 2.02. The van der Waals surface area contributed by atoms with E-state index < -0.39 is 6.03 Å². The van der Waals surface area contributed by atoms with E-state index in [9.17, 15) is 9.59 Å². The highest BCUT2D eigenvalue weighted by Gasteiger charge is 2.03. The molecule has 0 atom stereocenters. The highest BCUT2D eigenvalue weighted by Crippen LogP contribution is 2.11. The molecule has 18 heavy (non-hydrogen) atoms. The van der Waals surface area contributed by atoms with Crippen LogP contribution in [0.15, 0.2) is 41.2 Å². The summed E-state index contributed by atoms with van der Waals surface area (Å²) < 4.78 is 1.08. The first kappa shape index (κ1) is 12.6. The second kappa shape index (κ2) is 5.63. The lowest BCUT2D eigenvalue weighted by molar-refractivity contribution is 0.262. The molecule has 2 rings (SSSR count). The van der Waals surface area contributed by atoms with Crippen molar-refractivity contribution < 1.29 is 4.79 Å². The lowest BCUT2D eigenvalue weighted by Gasteiger charge is -2.06. The number of rotatable bonds is 2. The van der Waals surface area contributed by atoms with E-state index in [0.29, 0.717) is 5.69 Å². The third kappa shape index (κ3) is 3.55. The number of H-pyrrole nitrogens is 1. The van der Waals surface area contributed by atoms with E-state index in [-0.39, 0.29) is 11.4 Å². The zero-order valence-corrected chi connectivity index (χ0v) is 11.3. The molecule has 92 valence electrons. The van der Waals surface area contributed by atoms with E-state index in [4.69, 9.17) is 0 Å². The summed E-state index contributed by atoms with van der Waals surface area (Å²) in [5, 5.41) is 11.0. The van der Waals surface area contributed by atoms with Crippen molar-refractivity contribution in [2.75, 3.05) is 10.6 Å². The molecule has 0 unspecified atom stereocenters. The number of hydrogen-bond acceptors (Lipinski definition) is 3. The van der Waals surface area contributed by atoms with Gasteiger partial charge in [0.2, 0.25) is 0 Å². The molecule has 2 amide bonds. The van der Waals surface area contributed by atoms with Crippen molar-refractivity contribution in [2.45, 2.75) is 0 Å². The van der Waals surface area contributed by atoms with Crippen molar-refractivity contribution in [3.05, 3.63) is 50.3 Å². The molecule has 7 heteroatoms. The Morgan fingerprint density at radius 1 is 1.11 bits per heavy atom. The number of amides is 2. The molecule has 3 N–H and O–H groups in total. The minimum absolute atomic E-state index is 0.276. The van der Waals surface area contributed by atoms with Crippen LogP contribution in [0.1, 0.15) is 0 Å². The van der Waals surface area contributed by atoms with E-state index in [0.717, 1.165) is 3.57 Å². The SMILES string of the molecule is O=C(Nc1ccc(I)cc1)Nc1ccc(=O)[nH]n1. The molecule has 1 aromatic carbocycles. The van der Waals surface area contributed by atoms with Crippen LogP contribution in [0.3, 0.4) is 0 Å². The van der Waals surface area contributed by atoms with Crippen molar-refractivity contribution in [3.8, 4) is 0 Å². The summed E-state index contributed by atoms with van der Waals surface area (Å²) in [7, 11) is 0. The Balaban J connectivity index is 1.98. The first-order chi connectivity index (χ1) is 8.63. The summed E-state index contributed by atoms with van der Waals surface area (Å²) in [5.41, 5.74) is 0.357. The van der Waals surface area contributed by atoms with Crippen LogP contribution in [-0.2, 0) is 0 Å². The molecule has 0 spiro atoms. The minimum atomic E-state index is -0.421. The molecule has 0 saturated carbocycles. The molecule has 0 fully saturated rings. The summed E-state index contributed by atoms with van der Waals surface area (Å²) in [5.74, 6) is 0.276. The average Bonchev–Trinajstić information content (AvgIpc) is 2.35. The van der Waals surface area contributed by atoms with Crippen molar-refractivity contribution >= 4 is 40.1 Å². The van der Waals surface area contributed by atoms with Crippen LogP contribution in [0.4, 0.5) is 16.3 Å². The summed E-state index contributed by atoms with van der Waals surface area (Å²) in [6, 6.07) is 9.64. The summed E-state index contributed by atoms with van der Waals surface area (Å²) in [6.07, 6.45) is 0. The summed E-state index contributed by atoms with van der Waals surface area (Å²) in [4.78, 5) is 22.4. The van der Waals surface area contributed by atoms with Gasteiger partial charge in [-0.2, -0.15) is 5.10 Å². The van der Waals surface area contributed by atoms with E-state index in [1.54, 1.807) is 12.1 Å². The quantitative estimate of drug-likeness (QED) is 0.720. The Labute approximate surface area is 116 Å². The first-order valence-corrected chi connectivity index (χ1v) is 6.11. The minimum Gasteiger partial charge on any atom is -0.308 e. The van der Waals surface area contributed by atoms with Crippen molar-refractivity contribution in [2.24, 2.45) is 0 Å². The Morgan fingerprint density at radius 3 is 2.44 bits per heavy atom. The fraction of sp³-hybridized carbons (Fsp3) is 0. The number of carbonyl (C=O) groups is 1. The monoisotopic (exact) mass is 356 g/mol. The second-order valence-electron chi connectivity index (χ2n) is 3.39. The molecule has 0 radical (unpaired) electrons. The predicted molar refractivity (Wildman–Crippen MR) is 76.7 cm³/mol. The van der Waals surface area contributed by atoms with Gasteiger partial charge >= 0.3 is 6.03 Å². The first-order valence-electron chi connectivity index (χ1n) is 5.03. The second-order valence-corrected chi connectivity index (χ2v) is 4.64. The Morgan fingerprint density at radius 2 is 1.83 bits per heavy atom. The number of benzene rings is 1. The normalized spacial score (nSPS) is 9.83. The molecule has 0 aliphatic heterocycles. The van der Waals surface area contributed by atoms with Crippen LogP contribution in [0, 0.1) is 3.57 Å². The van der Waals surface area contributed by atoms with Crippen molar-refractivity contribution in [1.29, 1.82) is 0 Å². The number of nitrogens with one attached hydrogen (secondary N) is 3. The molecular formula is C11H9IN4O2. The molecule has 0 saturated heterocycles. The number of hydrogen-bond donors (Lipinski definition) is 3. The van der Waals surface area contributed by atoms with Crippen molar-refractivity contribution in [3.63, 3.8) is 0 Å². The fourth-order valence-corrected chi connectivity index (χ4v) is 1.59. The maximum absolute atomic E-state index is 11.6. The van der Waals surface area contributed by atoms with Crippen molar-refractivity contribution in [1.82, 2.24) is 10.2 Å². The number of nitrogens with zero attached hydrogens (tertiary/aromatic N) is 1. The number of carbonyl (C=O) groups excluding carboxylic acids is 1. The predicted octanol–water partition coefficient (Wildman–Crippen LogP) is 2.02. The maximum atomic E-state index is 11.6. The Kier molecular flexibility index (Phi) is 3.92. The van der Waals surface area contributed by atoms with Gasteiger partial charge in [-0.15, -0.1) is 0 Å². The zero-order valence-electron chi connectivity index (χ0n) is 9.11. The highest BCUT2D eigenvalue weighted by molar-refractivity contribution is 14.1. The van der Waals surface area contributed by atoms with Gasteiger partial charge in [0.05, 0.1) is 0 Å². The van der Waals surface area contributed by atoms with Gasteiger partial charge in [-0.3, -0.25) is 10.1 Å². The van der Waals surface area contributed by atoms with Gasteiger partial charge in [0.15, 0.2) is 5.82 Å². The van der Waals surface area contributed by atoms with Crippen LogP contribution in [0.5, 0.6) is 0 Å². The largest absolute Gasteiger partial charge is 0.324 e. The smallest absolute Gasteiger partial charge is 0.308 e. The van der Waals surface area contributed by atoms with Crippen LogP contribution in [0.25, 0.3) is 0 Å². The topological polar surface area (TPSA) is 86.9 Å². The molecular weight excluding hydrogens is 347 g/mol. The van der Waals surface area contributed by atoms with E-state index in [1.807, 2.05) is 12.1 Å². The van der Waals surface area contributed by atoms with Crippen LogP contribution in [-0.4, -0.2) is 16.2 Å². The van der Waals surface area contributed by atoms with Crippen LogP contribution in [0.2, 0.25) is 0 Å². The number of aromatic amines is 1. The molecule has 6 nitrogen and oxygen atoms in total. The molecule has 0 bridgehead atoms. The average molecular weight is 356 g/mol. The summed E-state index contributed by atoms with van der Waals surface area (Å²) in [6.45, 7) is 0. The van der Waals surface area contributed by atoms with Gasteiger partial charge in [0.25, 0.3) is 5.56 Å². The zero-order chi connectivity index (χ0) is 13.0. The lowest BCUT2D eigenvalue weighted by atomic mass is 10.3. The number of aromatic nitrogens is 2. The molecule has 0 aliphatic rings. The molecule has 0 aliphatic carbocycles. The van der Waals surface area contributed by atoms with Crippen LogP contribution < -0.4 is 16.2 Å². The summed E-state index contributed by atoms with van der Waals surface area (Å²) >= 11 is 2.18. The number of halogens is 1. The van der Waals surface area contributed by atoms with E-state index >= 15 is 0 Å². The van der Waals surface area contributed by atoms with Gasteiger partial charge in [-0.1, -0.05) is 0 Å². The number of anilines is 2. The molecule has 1 heterocycles. The Hall–Kier alpha value is -1.90. The highest BCUT2D eigenvalue weighted by atomic mass is 127. The molecule has 2 aromatic rings. The Bertz CT molecular complexity index is 589. The third-order valence-corrected chi connectivity index (χ3v) is 2.74. The molecule has 1 aromatic heterocycles. The fourth-order valence-electron chi connectivity index (χ4n) is 1.23.